The molecule has 2 rings (SSSR count). The smallest absolute Gasteiger partial charge is 0.0962 e. The van der Waals surface area contributed by atoms with E-state index in [1.807, 2.05) is 11.8 Å². The molecule has 0 spiro atoms. The van der Waals surface area contributed by atoms with Gasteiger partial charge in [-0.1, -0.05) is 26.8 Å². The van der Waals surface area contributed by atoms with Crippen LogP contribution in [0.3, 0.4) is 0 Å². The number of likely N-dealkylation sites (tertiary alicyclic amines) is 1. The number of hydrogen-bond acceptors (Lipinski definition) is 3. The van der Waals surface area contributed by atoms with Crippen molar-refractivity contribution in [2.75, 3.05) is 13.1 Å². The minimum Gasteiger partial charge on any atom is -0.297 e. The summed E-state index contributed by atoms with van der Waals surface area (Å²) in [7, 11) is 0. The zero-order chi connectivity index (χ0) is 12.3. The lowest BCUT2D eigenvalue weighted by Gasteiger charge is -2.22. The summed E-state index contributed by atoms with van der Waals surface area (Å²) < 4.78 is 0. The molecule has 0 amide bonds. The van der Waals surface area contributed by atoms with Crippen molar-refractivity contribution in [1.29, 1.82) is 0 Å². The first-order valence-corrected chi connectivity index (χ1v) is 7.45. The summed E-state index contributed by atoms with van der Waals surface area (Å²) in [5.74, 6) is 0. The Morgan fingerprint density at radius 1 is 1.47 bits per heavy atom. The number of aromatic nitrogens is 1. The van der Waals surface area contributed by atoms with Crippen LogP contribution in [0.5, 0.6) is 0 Å². The first-order chi connectivity index (χ1) is 8.20. The van der Waals surface area contributed by atoms with E-state index in [-0.39, 0.29) is 0 Å². The number of nitrogens with zero attached hydrogens (tertiary/aromatic N) is 2. The molecule has 1 fully saturated rings. The molecule has 17 heavy (non-hydrogen) atoms. The van der Waals surface area contributed by atoms with E-state index in [9.17, 15) is 0 Å². The Morgan fingerprint density at radius 2 is 2.29 bits per heavy atom. The fraction of sp³-hybridized carbons (Fsp3) is 0.643. The maximum atomic E-state index is 4.57. The Kier molecular flexibility index (Phi) is 4.46. The molecule has 2 nitrogen and oxygen atoms in total. The Balaban J connectivity index is 2.07. The highest BCUT2D eigenvalue weighted by Gasteiger charge is 2.24. The molecule has 1 aromatic heterocycles. The van der Waals surface area contributed by atoms with Crippen LogP contribution in [-0.2, 0) is 0 Å². The van der Waals surface area contributed by atoms with Crippen LogP contribution in [0.25, 0.3) is 0 Å². The van der Waals surface area contributed by atoms with Gasteiger partial charge >= 0.3 is 0 Å². The van der Waals surface area contributed by atoms with Crippen molar-refractivity contribution in [3.63, 3.8) is 0 Å². The van der Waals surface area contributed by atoms with Crippen molar-refractivity contribution in [2.24, 2.45) is 0 Å². The molecule has 0 bridgehead atoms. The summed E-state index contributed by atoms with van der Waals surface area (Å²) in [6, 6.07) is 5.04. The number of thioether (sulfide) groups is 1. The molecular formula is C14H22N2S. The molecule has 0 aromatic carbocycles. The first kappa shape index (κ1) is 12.9. The van der Waals surface area contributed by atoms with Gasteiger partial charge in [0, 0.05) is 17.5 Å². The lowest BCUT2D eigenvalue weighted by molar-refractivity contribution is 0.271. The summed E-state index contributed by atoms with van der Waals surface area (Å²) in [6.07, 6.45) is 4.68. The third kappa shape index (κ3) is 3.23. The summed E-state index contributed by atoms with van der Waals surface area (Å²) in [4.78, 5) is 7.12. The molecule has 1 aliphatic rings. The van der Waals surface area contributed by atoms with E-state index in [0.717, 1.165) is 11.6 Å². The Labute approximate surface area is 109 Å². The van der Waals surface area contributed by atoms with Crippen LogP contribution in [0, 0.1) is 0 Å². The maximum Gasteiger partial charge on any atom is 0.0962 e. The highest BCUT2D eigenvalue weighted by atomic mass is 32.2. The summed E-state index contributed by atoms with van der Waals surface area (Å²) >= 11 is 1.83. The van der Waals surface area contributed by atoms with E-state index in [0.29, 0.717) is 11.3 Å². The van der Waals surface area contributed by atoms with Gasteiger partial charge in [-0.05, 0) is 37.6 Å². The van der Waals surface area contributed by atoms with Gasteiger partial charge in [-0.2, -0.15) is 0 Å². The second-order valence-corrected chi connectivity index (χ2v) is 6.48. The maximum absolute atomic E-state index is 4.57. The van der Waals surface area contributed by atoms with E-state index < -0.39 is 0 Å². The summed E-state index contributed by atoms with van der Waals surface area (Å²) in [6.45, 7) is 9.04. The molecule has 0 unspecified atom stereocenters. The Hall–Kier alpha value is -0.540. The van der Waals surface area contributed by atoms with Crippen LogP contribution < -0.4 is 0 Å². The number of hydrogen-bond donors (Lipinski definition) is 0. The minimum absolute atomic E-state index is 0.602. The Bertz CT molecular complexity index is 348. The van der Waals surface area contributed by atoms with Crippen LogP contribution in [0.2, 0.25) is 0 Å². The third-order valence-electron chi connectivity index (χ3n) is 3.27. The molecular weight excluding hydrogens is 228 g/mol. The fourth-order valence-electron chi connectivity index (χ4n) is 2.48. The zero-order valence-corrected chi connectivity index (χ0v) is 11.8. The molecule has 3 heteroatoms. The molecule has 1 atom stereocenters. The first-order valence-electron chi connectivity index (χ1n) is 6.57. The third-order valence-corrected chi connectivity index (χ3v) is 4.22. The molecule has 2 heterocycles. The van der Waals surface area contributed by atoms with Crippen LogP contribution in [0.1, 0.15) is 45.2 Å². The summed E-state index contributed by atoms with van der Waals surface area (Å²) in [5, 5.41) is 1.75. The van der Waals surface area contributed by atoms with Gasteiger partial charge < -0.3 is 0 Å². The largest absolute Gasteiger partial charge is 0.297 e. The standard InChI is InChI=1S/C14H22N2S/c1-4-16-9-5-6-13(16)12-7-8-14(15-10-12)17-11(2)3/h7-8,10-11,13H,4-6,9H2,1-3H3/t13-/m0/s1. The van der Waals surface area contributed by atoms with Crippen LogP contribution in [0.4, 0.5) is 0 Å². The Morgan fingerprint density at radius 3 is 2.88 bits per heavy atom. The SMILES string of the molecule is CCN1CCC[C@H]1c1ccc(SC(C)C)nc1. The molecule has 0 saturated carbocycles. The van der Waals surface area contributed by atoms with E-state index in [4.69, 9.17) is 0 Å². The van der Waals surface area contributed by atoms with Crippen molar-refractivity contribution in [1.82, 2.24) is 9.88 Å². The highest BCUT2D eigenvalue weighted by Crippen LogP contribution is 2.32. The van der Waals surface area contributed by atoms with E-state index in [1.54, 1.807) is 0 Å². The predicted molar refractivity (Wildman–Crippen MR) is 74.5 cm³/mol. The van der Waals surface area contributed by atoms with Crippen molar-refractivity contribution in [3.05, 3.63) is 23.9 Å². The van der Waals surface area contributed by atoms with E-state index >= 15 is 0 Å². The average molecular weight is 250 g/mol. The van der Waals surface area contributed by atoms with E-state index in [2.05, 4.69) is 49.0 Å². The van der Waals surface area contributed by atoms with Gasteiger partial charge in [-0.3, -0.25) is 4.90 Å². The highest BCUT2D eigenvalue weighted by molar-refractivity contribution is 7.99. The lowest BCUT2D eigenvalue weighted by Crippen LogP contribution is -2.22. The van der Waals surface area contributed by atoms with E-state index in [1.165, 1.54) is 24.9 Å². The van der Waals surface area contributed by atoms with Gasteiger partial charge in [0.1, 0.15) is 0 Å². The van der Waals surface area contributed by atoms with Crippen LogP contribution >= 0.6 is 11.8 Å². The topological polar surface area (TPSA) is 16.1 Å². The van der Waals surface area contributed by atoms with Gasteiger partial charge in [-0.15, -0.1) is 11.8 Å². The van der Waals surface area contributed by atoms with Gasteiger partial charge in [0.2, 0.25) is 0 Å². The number of rotatable bonds is 4. The second-order valence-electron chi connectivity index (χ2n) is 4.88. The molecule has 94 valence electrons. The van der Waals surface area contributed by atoms with Crippen molar-refractivity contribution < 1.29 is 0 Å². The molecule has 0 radical (unpaired) electrons. The fourth-order valence-corrected chi connectivity index (χ4v) is 3.23. The minimum atomic E-state index is 0.602. The van der Waals surface area contributed by atoms with Crippen LogP contribution in [-0.4, -0.2) is 28.2 Å². The van der Waals surface area contributed by atoms with Gasteiger partial charge in [0.05, 0.1) is 5.03 Å². The number of pyridine rings is 1. The van der Waals surface area contributed by atoms with Crippen molar-refractivity contribution in [2.45, 2.75) is 49.9 Å². The summed E-state index contributed by atoms with van der Waals surface area (Å²) in [5.41, 5.74) is 1.39. The van der Waals surface area contributed by atoms with Crippen molar-refractivity contribution in [3.8, 4) is 0 Å². The molecule has 0 aliphatic carbocycles. The molecule has 0 N–H and O–H groups in total. The van der Waals surface area contributed by atoms with Crippen LogP contribution in [0.15, 0.2) is 23.4 Å². The quantitative estimate of drug-likeness (QED) is 0.757. The molecule has 1 saturated heterocycles. The predicted octanol–water partition coefficient (Wildman–Crippen LogP) is 3.74. The van der Waals surface area contributed by atoms with Gasteiger partial charge in [-0.25, -0.2) is 4.98 Å². The lowest BCUT2D eigenvalue weighted by atomic mass is 10.1. The molecule has 1 aromatic rings. The van der Waals surface area contributed by atoms with Gasteiger partial charge in [0.15, 0.2) is 0 Å². The monoisotopic (exact) mass is 250 g/mol. The van der Waals surface area contributed by atoms with Gasteiger partial charge in [0.25, 0.3) is 0 Å². The normalized spacial score (nSPS) is 21.3. The average Bonchev–Trinajstić information content (AvgIpc) is 2.77. The zero-order valence-electron chi connectivity index (χ0n) is 11.0. The second kappa shape index (κ2) is 5.87. The molecule has 1 aliphatic heterocycles. The van der Waals surface area contributed by atoms with Crippen molar-refractivity contribution >= 4 is 11.8 Å².